The molecule has 12 heteroatoms. The second-order valence-corrected chi connectivity index (χ2v) is 10.2. The Kier molecular flexibility index (Phi) is 10.4. The highest BCUT2D eigenvalue weighted by atomic mass is 16.6. The minimum Gasteiger partial charge on any atom is -0.460 e. The van der Waals surface area contributed by atoms with Crippen molar-refractivity contribution < 1.29 is 28.7 Å². The number of amides is 3. The summed E-state index contributed by atoms with van der Waals surface area (Å²) in [6.45, 7) is 8.42. The van der Waals surface area contributed by atoms with E-state index in [0.717, 1.165) is 5.56 Å². The van der Waals surface area contributed by atoms with Crippen LogP contribution in [-0.4, -0.2) is 95.1 Å². The average Bonchev–Trinajstić information content (AvgIpc) is 2.94. The molecule has 3 rings (SSSR count). The molecule has 40 heavy (non-hydrogen) atoms. The van der Waals surface area contributed by atoms with Crippen molar-refractivity contribution in [3.63, 3.8) is 0 Å². The van der Waals surface area contributed by atoms with Gasteiger partial charge in [-0.15, -0.1) is 0 Å². The third-order valence-corrected chi connectivity index (χ3v) is 6.02. The normalized spacial score (nSPS) is 14.2. The van der Waals surface area contributed by atoms with Crippen LogP contribution in [0.15, 0.2) is 36.4 Å². The molecule has 216 valence electrons. The van der Waals surface area contributed by atoms with Gasteiger partial charge in [0.05, 0.1) is 6.61 Å². The van der Waals surface area contributed by atoms with E-state index in [1.807, 2.05) is 30.3 Å². The number of piperazine rings is 1. The molecule has 0 unspecified atom stereocenters. The number of nitrogens with zero attached hydrogens (tertiary/aromatic N) is 4. The van der Waals surface area contributed by atoms with Gasteiger partial charge in [0.1, 0.15) is 23.2 Å². The third kappa shape index (κ3) is 8.65. The Morgan fingerprint density at radius 2 is 1.65 bits per heavy atom. The molecule has 0 spiro atoms. The van der Waals surface area contributed by atoms with Crippen LogP contribution in [0.25, 0.3) is 11.4 Å². The smallest absolute Gasteiger partial charge is 0.409 e. The van der Waals surface area contributed by atoms with Gasteiger partial charge in [0, 0.05) is 51.3 Å². The first-order valence-electron chi connectivity index (χ1n) is 13.4. The van der Waals surface area contributed by atoms with E-state index in [2.05, 4.69) is 20.6 Å². The lowest BCUT2D eigenvalue weighted by Crippen LogP contribution is -2.56. The Labute approximate surface area is 234 Å². The van der Waals surface area contributed by atoms with Crippen LogP contribution in [0.4, 0.5) is 10.6 Å². The molecule has 0 bridgehead atoms. The van der Waals surface area contributed by atoms with Gasteiger partial charge in [-0.3, -0.25) is 14.4 Å². The van der Waals surface area contributed by atoms with E-state index < -0.39 is 29.6 Å². The van der Waals surface area contributed by atoms with Crippen LogP contribution >= 0.6 is 0 Å². The number of ether oxygens (including phenoxy) is 2. The molecule has 0 aliphatic carbocycles. The topological polar surface area (TPSA) is 143 Å². The van der Waals surface area contributed by atoms with E-state index in [9.17, 15) is 19.2 Å². The van der Waals surface area contributed by atoms with Crippen molar-refractivity contribution in [2.75, 3.05) is 45.2 Å². The lowest BCUT2D eigenvalue weighted by Gasteiger charge is -2.36. The van der Waals surface area contributed by atoms with Gasteiger partial charge in [-0.25, -0.2) is 14.8 Å². The molecule has 1 aliphatic heterocycles. The zero-order valence-electron chi connectivity index (χ0n) is 23.7. The maximum Gasteiger partial charge on any atom is 0.409 e. The van der Waals surface area contributed by atoms with E-state index in [1.54, 1.807) is 39.6 Å². The zero-order valence-corrected chi connectivity index (χ0v) is 23.7. The van der Waals surface area contributed by atoms with E-state index in [1.165, 1.54) is 11.0 Å². The van der Waals surface area contributed by atoms with Gasteiger partial charge in [-0.05, 0) is 34.1 Å². The molecule has 1 fully saturated rings. The number of hydrogen-bond donors (Lipinski definition) is 2. The lowest BCUT2D eigenvalue weighted by atomic mass is 10.1. The summed E-state index contributed by atoms with van der Waals surface area (Å²) in [7, 11) is 1.68. The molecule has 1 aliphatic rings. The van der Waals surface area contributed by atoms with Crippen LogP contribution in [0, 0.1) is 0 Å². The Bertz CT molecular complexity index is 1190. The number of benzene rings is 1. The SMILES string of the molecule is CCOC(=O)N1CCN(C(=O)[C@H](CCC(=O)OC(C)(C)C)NC(=O)c2cc(NC)nc(-c3ccccc3)n2)CC1. The molecule has 2 N–H and O–H groups in total. The minimum absolute atomic E-state index is 0.0348. The summed E-state index contributed by atoms with van der Waals surface area (Å²) in [4.78, 5) is 63.4. The Balaban J connectivity index is 1.79. The third-order valence-electron chi connectivity index (χ3n) is 6.02. The number of hydrogen-bond acceptors (Lipinski definition) is 9. The van der Waals surface area contributed by atoms with Crippen LogP contribution in [0.2, 0.25) is 0 Å². The predicted molar refractivity (Wildman–Crippen MR) is 149 cm³/mol. The van der Waals surface area contributed by atoms with Crippen molar-refractivity contribution in [3.05, 3.63) is 42.1 Å². The molecular formula is C28H38N6O6. The summed E-state index contributed by atoms with van der Waals surface area (Å²) in [6, 6.07) is 9.71. The molecule has 1 atom stereocenters. The number of carbonyl (C=O) groups excluding carboxylic acids is 4. The van der Waals surface area contributed by atoms with Crippen molar-refractivity contribution in [2.45, 2.75) is 52.2 Å². The van der Waals surface area contributed by atoms with Crippen molar-refractivity contribution in [1.29, 1.82) is 0 Å². The van der Waals surface area contributed by atoms with Crippen LogP contribution in [-0.2, 0) is 19.1 Å². The van der Waals surface area contributed by atoms with Crippen LogP contribution in [0.3, 0.4) is 0 Å². The number of aromatic nitrogens is 2. The average molecular weight is 555 g/mol. The monoisotopic (exact) mass is 554 g/mol. The van der Waals surface area contributed by atoms with Crippen molar-refractivity contribution in [3.8, 4) is 11.4 Å². The molecule has 1 saturated heterocycles. The van der Waals surface area contributed by atoms with Crippen molar-refractivity contribution in [2.24, 2.45) is 0 Å². The molecular weight excluding hydrogens is 516 g/mol. The molecule has 2 aromatic rings. The number of carbonyl (C=O) groups is 4. The Morgan fingerprint density at radius 1 is 1.00 bits per heavy atom. The predicted octanol–water partition coefficient (Wildman–Crippen LogP) is 2.71. The molecule has 1 aromatic heterocycles. The van der Waals surface area contributed by atoms with Gasteiger partial charge >= 0.3 is 12.1 Å². The molecule has 0 radical (unpaired) electrons. The zero-order chi connectivity index (χ0) is 29.3. The van der Waals surface area contributed by atoms with Crippen molar-refractivity contribution in [1.82, 2.24) is 25.1 Å². The fourth-order valence-corrected chi connectivity index (χ4v) is 4.10. The molecule has 2 heterocycles. The highest BCUT2D eigenvalue weighted by molar-refractivity contribution is 5.97. The maximum atomic E-state index is 13.6. The number of rotatable bonds is 9. The Morgan fingerprint density at radius 3 is 2.25 bits per heavy atom. The summed E-state index contributed by atoms with van der Waals surface area (Å²) in [5.41, 5.74) is 0.118. The second-order valence-electron chi connectivity index (χ2n) is 10.2. The maximum absolute atomic E-state index is 13.6. The van der Waals surface area contributed by atoms with Crippen LogP contribution in [0.5, 0.6) is 0 Å². The first-order valence-corrected chi connectivity index (χ1v) is 13.4. The minimum atomic E-state index is -1.01. The summed E-state index contributed by atoms with van der Waals surface area (Å²) >= 11 is 0. The van der Waals surface area contributed by atoms with Crippen LogP contribution in [0.1, 0.15) is 51.0 Å². The van der Waals surface area contributed by atoms with Crippen LogP contribution < -0.4 is 10.6 Å². The largest absolute Gasteiger partial charge is 0.460 e. The first kappa shape index (κ1) is 30.3. The molecule has 1 aromatic carbocycles. The van der Waals surface area contributed by atoms with E-state index in [-0.39, 0.29) is 44.1 Å². The molecule has 12 nitrogen and oxygen atoms in total. The van der Waals surface area contributed by atoms with Gasteiger partial charge in [0.25, 0.3) is 5.91 Å². The second kappa shape index (κ2) is 13.7. The van der Waals surface area contributed by atoms with Gasteiger partial charge in [0.2, 0.25) is 5.91 Å². The fraction of sp³-hybridized carbons (Fsp3) is 0.500. The van der Waals surface area contributed by atoms with E-state index >= 15 is 0 Å². The summed E-state index contributed by atoms with van der Waals surface area (Å²) < 4.78 is 10.4. The summed E-state index contributed by atoms with van der Waals surface area (Å²) in [5, 5.41) is 5.71. The molecule has 3 amide bonds. The van der Waals surface area contributed by atoms with Gasteiger partial charge in [0.15, 0.2) is 5.82 Å². The lowest BCUT2D eigenvalue weighted by molar-refractivity contribution is -0.155. The standard InChI is InChI=1S/C28H38N6O6/c1-6-39-27(38)34-16-14-33(15-17-34)26(37)20(12-13-23(35)40-28(2,3)4)31-25(36)21-18-22(29-5)32-24(30-21)19-10-8-7-9-11-19/h7-11,18,20H,6,12-17H2,1-5H3,(H,31,36)(H,29,30,32)/t20-/m0/s1. The molecule has 0 saturated carbocycles. The van der Waals surface area contributed by atoms with E-state index in [0.29, 0.717) is 24.7 Å². The number of anilines is 1. The first-order chi connectivity index (χ1) is 19.0. The van der Waals surface area contributed by atoms with Gasteiger partial charge in [-0.2, -0.15) is 0 Å². The summed E-state index contributed by atoms with van der Waals surface area (Å²) in [5.74, 6) is -0.622. The van der Waals surface area contributed by atoms with Gasteiger partial charge in [-0.1, -0.05) is 30.3 Å². The fourth-order valence-electron chi connectivity index (χ4n) is 4.10. The van der Waals surface area contributed by atoms with Crippen molar-refractivity contribution >= 4 is 29.7 Å². The number of esters is 1. The highest BCUT2D eigenvalue weighted by Crippen LogP contribution is 2.18. The quantitative estimate of drug-likeness (QED) is 0.447. The highest BCUT2D eigenvalue weighted by Gasteiger charge is 2.32. The Hall–Kier alpha value is -4.22. The van der Waals surface area contributed by atoms with Gasteiger partial charge < -0.3 is 29.9 Å². The number of nitrogens with one attached hydrogen (secondary N) is 2. The van der Waals surface area contributed by atoms with E-state index in [4.69, 9.17) is 9.47 Å². The summed E-state index contributed by atoms with van der Waals surface area (Å²) in [6.07, 6.45) is -0.465.